The second-order valence-corrected chi connectivity index (χ2v) is 2.47. The molecule has 0 radical (unpaired) electrons. The molecule has 6 heteroatoms. The smallest absolute Gasteiger partial charge is 0.371 e. The number of oxazole rings is 1. The summed E-state index contributed by atoms with van der Waals surface area (Å²) < 4.78 is 4.70. The van der Waals surface area contributed by atoms with E-state index in [2.05, 4.69) is 4.98 Å². The van der Waals surface area contributed by atoms with Crippen LogP contribution >= 0.6 is 0 Å². The lowest BCUT2D eigenvalue weighted by Crippen LogP contribution is -2.04. The van der Waals surface area contributed by atoms with Crippen LogP contribution in [0.2, 0.25) is 0 Å². The van der Waals surface area contributed by atoms with Gasteiger partial charge < -0.3 is 14.6 Å². The van der Waals surface area contributed by atoms with Gasteiger partial charge in [0.05, 0.1) is 5.69 Å². The van der Waals surface area contributed by atoms with Crippen molar-refractivity contribution in [2.24, 2.45) is 0 Å². The fraction of sp³-hybridized carbons (Fsp3) is 0.125. The van der Waals surface area contributed by atoms with Crippen LogP contribution in [0.25, 0.3) is 0 Å². The van der Waals surface area contributed by atoms with Gasteiger partial charge in [-0.2, -0.15) is 0 Å². The predicted molar refractivity (Wildman–Crippen MR) is 43.9 cm³/mol. The van der Waals surface area contributed by atoms with E-state index in [4.69, 9.17) is 14.6 Å². The molecule has 0 saturated heterocycles. The van der Waals surface area contributed by atoms with Gasteiger partial charge in [-0.05, 0) is 6.92 Å². The number of carbonyl (C=O) groups is 2. The van der Waals surface area contributed by atoms with Crippen LogP contribution in [0.4, 0.5) is 0 Å². The van der Waals surface area contributed by atoms with E-state index in [1.54, 1.807) is 0 Å². The Kier molecular flexibility index (Phi) is 2.66. The summed E-state index contributed by atoms with van der Waals surface area (Å²) in [5, 5.41) is 17.0. The monoisotopic (exact) mass is 197 g/mol. The Hall–Kier alpha value is -2.11. The van der Waals surface area contributed by atoms with Crippen LogP contribution in [0.5, 0.6) is 0 Å². The molecule has 1 heterocycles. The maximum Gasteiger partial charge on any atom is 0.371 e. The van der Waals surface area contributed by atoms with E-state index in [0.717, 1.165) is 6.39 Å². The summed E-state index contributed by atoms with van der Waals surface area (Å²) in [4.78, 5) is 25.0. The molecule has 0 aliphatic carbocycles. The van der Waals surface area contributed by atoms with Crippen molar-refractivity contribution < 1.29 is 24.2 Å². The molecular formula is C8H7NO5. The van der Waals surface area contributed by atoms with Crippen LogP contribution < -0.4 is 0 Å². The lowest BCUT2D eigenvalue weighted by Gasteiger charge is -1.91. The largest absolute Gasteiger partial charge is 0.502 e. The van der Waals surface area contributed by atoms with Crippen LogP contribution in [0.1, 0.15) is 16.2 Å². The maximum absolute atomic E-state index is 11.2. The number of hydrogen-bond acceptors (Lipinski definition) is 5. The van der Waals surface area contributed by atoms with E-state index >= 15 is 0 Å². The van der Waals surface area contributed by atoms with E-state index in [0.29, 0.717) is 11.8 Å². The van der Waals surface area contributed by atoms with E-state index in [9.17, 15) is 9.59 Å². The number of rotatable bonds is 3. The molecule has 0 spiro atoms. The van der Waals surface area contributed by atoms with Gasteiger partial charge in [-0.3, -0.25) is 4.79 Å². The number of aromatic nitrogens is 1. The van der Waals surface area contributed by atoms with Crippen LogP contribution in [0.15, 0.2) is 22.6 Å². The first-order valence-electron chi connectivity index (χ1n) is 3.60. The minimum atomic E-state index is -1.57. The molecule has 6 nitrogen and oxygen atoms in total. The van der Waals surface area contributed by atoms with Crippen LogP contribution in [0.3, 0.4) is 0 Å². The first-order valence-corrected chi connectivity index (χ1v) is 3.60. The van der Waals surface area contributed by atoms with Crippen molar-refractivity contribution in [1.82, 2.24) is 4.98 Å². The van der Waals surface area contributed by atoms with Crippen LogP contribution in [0, 0.1) is 6.92 Å². The summed E-state index contributed by atoms with van der Waals surface area (Å²) in [6, 6.07) is 0. The van der Waals surface area contributed by atoms with Crippen LogP contribution in [-0.2, 0) is 4.79 Å². The van der Waals surface area contributed by atoms with Gasteiger partial charge in [0.25, 0.3) is 0 Å². The molecule has 1 aromatic rings. The maximum atomic E-state index is 11.2. The average molecular weight is 197 g/mol. The molecule has 0 aromatic carbocycles. The number of aliphatic hydroxyl groups excluding tert-OH is 1. The molecule has 2 N–H and O–H groups in total. The molecule has 0 aliphatic heterocycles. The Labute approximate surface area is 78.5 Å². The third-order valence-electron chi connectivity index (χ3n) is 1.46. The highest BCUT2D eigenvalue weighted by Gasteiger charge is 2.14. The number of ketones is 1. The quantitative estimate of drug-likeness (QED) is 0.420. The lowest BCUT2D eigenvalue weighted by molar-refractivity contribution is -0.135. The number of aliphatic hydroxyl groups is 1. The molecule has 0 aliphatic rings. The highest BCUT2D eigenvalue weighted by molar-refractivity contribution is 6.06. The van der Waals surface area contributed by atoms with E-state index in [1.165, 1.54) is 6.92 Å². The van der Waals surface area contributed by atoms with E-state index in [1.807, 2.05) is 0 Å². The summed E-state index contributed by atoms with van der Waals surface area (Å²) in [5.74, 6) is -3.43. The number of aryl methyl sites for hydroxylation is 1. The third kappa shape index (κ3) is 1.98. The lowest BCUT2D eigenvalue weighted by atomic mass is 10.2. The summed E-state index contributed by atoms with van der Waals surface area (Å²) in [6.45, 7) is 1.53. The highest BCUT2D eigenvalue weighted by atomic mass is 16.4. The van der Waals surface area contributed by atoms with Gasteiger partial charge in [-0.15, -0.1) is 0 Å². The van der Waals surface area contributed by atoms with Gasteiger partial charge in [-0.1, -0.05) is 0 Å². The standard InChI is InChI=1S/C8H7NO5/c1-4-7(14-3-9-4)5(10)2-6(11)8(12)13/h2-3,11H,1H3,(H,12,13)/b6-2-. The highest BCUT2D eigenvalue weighted by Crippen LogP contribution is 2.07. The summed E-state index contributed by atoms with van der Waals surface area (Å²) in [5.41, 5.74) is 0.337. The molecule has 0 bridgehead atoms. The van der Waals surface area contributed by atoms with Crippen molar-refractivity contribution in [3.05, 3.63) is 29.7 Å². The van der Waals surface area contributed by atoms with E-state index in [-0.39, 0.29) is 5.76 Å². The van der Waals surface area contributed by atoms with Crippen molar-refractivity contribution in [2.75, 3.05) is 0 Å². The van der Waals surface area contributed by atoms with Crippen molar-refractivity contribution in [2.45, 2.75) is 6.92 Å². The Balaban J connectivity index is 2.93. The van der Waals surface area contributed by atoms with Gasteiger partial charge in [0.1, 0.15) is 0 Å². The molecule has 1 aromatic heterocycles. The number of aliphatic carboxylic acids is 1. The van der Waals surface area contributed by atoms with E-state index < -0.39 is 17.5 Å². The Morgan fingerprint density at radius 1 is 1.50 bits per heavy atom. The average Bonchev–Trinajstić information content (AvgIpc) is 2.51. The summed E-state index contributed by atoms with van der Waals surface area (Å²) in [7, 11) is 0. The van der Waals surface area contributed by atoms with Gasteiger partial charge in [0, 0.05) is 6.08 Å². The number of allylic oxidation sites excluding steroid dienone is 1. The fourth-order valence-corrected chi connectivity index (χ4v) is 0.790. The molecule has 0 unspecified atom stereocenters. The Bertz CT molecular complexity index is 404. The van der Waals surface area contributed by atoms with Crippen molar-refractivity contribution in [1.29, 1.82) is 0 Å². The summed E-state index contributed by atoms with van der Waals surface area (Å²) in [6.07, 6.45) is 1.63. The molecule has 0 amide bonds. The molecule has 0 fully saturated rings. The van der Waals surface area contributed by atoms with Gasteiger partial charge in [-0.25, -0.2) is 9.78 Å². The van der Waals surface area contributed by atoms with Gasteiger partial charge in [0.2, 0.25) is 11.5 Å². The summed E-state index contributed by atoms with van der Waals surface area (Å²) >= 11 is 0. The molecule has 14 heavy (non-hydrogen) atoms. The second kappa shape index (κ2) is 3.73. The van der Waals surface area contributed by atoms with Gasteiger partial charge >= 0.3 is 5.97 Å². The first kappa shape index (κ1) is 9.97. The van der Waals surface area contributed by atoms with Crippen LogP contribution in [-0.4, -0.2) is 26.9 Å². The molecule has 0 atom stereocenters. The minimum absolute atomic E-state index is 0.0854. The predicted octanol–water partition coefficient (Wildman–Crippen LogP) is 0.692. The number of carboxylic acids is 1. The second-order valence-electron chi connectivity index (χ2n) is 2.47. The topological polar surface area (TPSA) is 101 Å². The Morgan fingerprint density at radius 2 is 2.14 bits per heavy atom. The van der Waals surface area contributed by atoms with Crippen molar-refractivity contribution >= 4 is 11.8 Å². The number of carbonyl (C=O) groups excluding carboxylic acids is 1. The number of carboxylic acid groups (broad SMARTS) is 1. The first-order chi connectivity index (χ1) is 6.52. The molecule has 74 valence electrons. The fourth-order valence-electron chi connectivity index (χ4n) is 0.790. The molecule has 0 saturated carbocycles. The molecular weight excluding hydrogens is 190 g/mol. The third-order valence-corrected chi connectivity index (χ3v) is 1.46. The van der Waals surface area contributed by atoms with Crippen molar-refractivity contribution in [3.8, 4) is 0 Å². The molecule has 1 rings (SSSR count). The van der Waals surface area contributed by atoms with Gasteiger partial charge in [0.15, 0.2) is 12.2 Å². The van der Waals surface area contributed by atoms with Crippen molar-refractivity contribution in [3.63, 3.8) is 0 Å². The zero-order chi connectivity index (χ0) is 10.7. The zero-order valence-corrected chi connectivity index (χ0v) is 7.22. The number of nitrogens with zero attached hydrogens (tertiary/aromatic N) is 1. The normalized spacial score (nSPS) is 11.4. The minimum Gasteiger partial charge on any atom is -0.502 e. The Morgan fingerprint density at radius 3 is 2.57 bits per heavy atom. The zero-order valence-electron chi connectivity index (χ0n) is 7.22. The number of hydrogen-bond donors (Lipinski definition) is 2. The SMILES string of the molecule is Cc1ncoc1C(=O)/C=C(\O)C(=O)O.